The van der Waals surface area contributed by atoms with Crippen molar-refractivity contribution < 1.29 is 19.2 Å². The first-order chi connectivity index (χ1) is 22.5. The fraction of sp³-hybridized carbons (Fsp3) is 0.0625. The summed E-state index contributed by atoms with van der Waals surface area (Å²) in [5.74, 6) is -1.86. The van der Waals surface area contributed by atoms with E-state index in [-0.39, 0.29) is 12.4 Å². The third kappa shape index (κ3) is 9.00. The average molecular weight is 689 g/mol. The minimum absolute atomic E-state index is 0.0657. The van der Waals surface area contributed by atoms with Gasteiger partial charge < -0.3 is 34.0 Å². The van der Waals surface area contributed by atoms with E-state index in [4.69, 9.17) is 34.5 Å². The van der Waals surface area contributed by atoms with Gasteiger partial charge in [0.1, 0.15) is 5.88 Å². The summed E-state index contributed by atoms with van der Waals surface area (Å²) in [6.07, 6.45) is 6.97. The van der Waals surface area contributed by atoms with Crippen molar-refractivity contribution in [1.82, 2.24) is 9.97 Å². The molecule has 2 aromatic carbocycles. The molecule has 0 fully saturated rings. The largest absolute Gasteiger partial charge is 0.399 e. The number of carbonyl (C=O) groups is 4. The zero-order valence-electron chi connectivity index (χ0n) is 24.6. The summed E-state index contributed by atoms with van der Waals surface area (Å²) in [7, 11) is 0. The number of fused-ring (bicyclic) bond motifs is 2. The van der Waals surface area contributed by atoms with Crippen LogP contribution >= 0.6 is 34.3 Å². The van der Waals surface area contributed by atoms with E-state index in [1.807, 2.05) is 54.6 Å². The number of rotatable bonds is 8. The Bertz CT molecular complexity index is 2100. The second-order valence-corrected chi connectivity index (χ2v) is 12.2. The number of nitrogens with two attached hydrogens (primary N) is 5. The molecule has 0 saturated carbocycles. The number of carbonyl (C=O) groups excluding carboxylic acids is 4. The van der Waals surface area contributed by atoms with Crippen molar-refractivity contribution in [2.24, 2.45) is 22.9 Å². The molecule has 6 aromatic rings. The molecule has 15 heteroatoms. The molecule has 0 bridgehead atoms. The van der Waals surface area contributed by atoms with Crippen LogP contribution in [0.15, 0.2) is 85.5 Å². The van der Waals surface area contributed by atoms with E-state index in [0.29, 0.717) is 15.4 Å². The maximum atomic E-state index is 11.4. The van der Waals surface area contributed by atoms with Crippen LogP contribution in [0, 0.1) is 0 Å². The highest BCUT2D eigenvalue weighted by molar-refractivity contribution is 7.21. The summed E-state index contributed by atoms with van der Waals surface area (Å²) < 4.78 is 1.83. The fourth-order valence-corrected chi connectivity index (χ4v) is 6.13. The lowest BCUT2D eigenvalue weighted by molar-refractivity contribution is -0.116. The molecular weight excluding hydrogens is 660 g/mol. The third-order valence-corrected chi connectivity index (χ3v) is 8.78. The monoisotopic (exact) mass is 688 g/mol. The summed E-state index contributed by atoms with van der Waals surface area (Å²) in [6.45, 7) is 0.0657. The third-order valence-electron chi connectivity index (χ3n) is 6.35. The van der Waals surface area contributed by atoms with E-state index in [9.17, 15) is 19.2 Å². The topological polar surface area (TPSA) is 236 Å². The molecule has 0 saturated heterocycles. The van der Waals surface area contributed by atoms with Gasteiger partial charge in [-0.15, -0.1) is 34.3 Å². The van der Waals surface area contributed by atoms with Crippen LogP contribution in [0.3, 0.4) is 0 Å². The lowest BCUT2D eigenvalue weighted by Gasteiger charge is -2.08. The van der Waals surface area contributed by atoms with Crippen LogP contribution in [0.2, 0.25) is 0 Å². The number of hydrogen-bond acceptors (Lipinski definition) is 10. The molecule has 0 aliphatic carbocycles. The minimum atomic E-state index is -0.480. The van der Waals surface area contributed by atoms with Crippen molar-refractivity contribution in [2.45, 2.75) is 0 Å². The summed E-state index contributed by atoms with van der Waals surface area (Å²) in [5, 5.41) is 4.85. The van der Waals surface area contributed by atoms with E-state index in [0.717, 1.165) is 48.1 Å². The zero-order valence-corrected chi connectivity index (χ0v) is 27.0. The highest BCUT2D eigenvalue weighted by Crippen LogP contribution is 2.35. The van der Waals surface area contributed by atoms with Crippen molar-refractivity contribution in [1.29, 1.82) is 0 Å². The average Bonchev–Trinajstić information content (AvgIpc) is 3.70. The quantitative estimate of drug-likeness (QED) is 0.0992. The van der Waals surface area contributed by atoms with Crippen LogP contribution in [0.25, 0.3) is 42.4 Å². The SMILES string of the molecule is NC(=O)CCl.NC(=O)CNc1cccc(-c2cncc3sc(C(N)=O)cc23)c1.NC(=O)c1cc2c(-c3cccc(N)c3)cncc2s1. The molecule has 0 aliphatic heterocycles. The Morgan fingerprint density at radius 2 is 1.17 bits per heavy atom. The van der Waals surface area contributed by atoms with E-state index in [2.05, 4.69) is 21.0 Å². The van der Waals surface area contributed by atoms with Crippen molar-refractivity contribution >= 4 is 89.5 Å². The van der Waals surface area contributed by atoms with Gasteiger partial charge in [-0.05, 0) is 47.5 Å². The number of nitrogens with zero attached hydrogens (tertiary/aromatic N) is 2. The maximum Gasteiger partial charge on any atom is 0.258 e. The molecule has 0 aliphatic rings. The lowest BCUT2D eigenvalue weighted by atomic mass is 10.0. The predicted octanol–water partition coefficient (Wildman–Crippen LogP) is 4.31. The number of alkyl halides is 1. The Hall–Kier alpha value is -5.57. The van der Waals surface area contributed by atoms with E-state index in [1.165, 1.54) is 22.7 Å². The van der Waals surface area contributed by atoms with Gasteiger partial charge in [-0.1, -0.05) is 24.3 Å². The van der Waals surface area contributed by atoms with Gasteiger partial charge in [0.15, 0.2) is 0 Å². The van der Waals surface area contributed by atoms with Gasteiger partial charge in [0, 0.05) is 58.1 Å². The van der Waals surface area contributed by atoms with Crippen molar-refractivity contribution in [3.05, 3.63) is 95.2 Å². The van der Waals surface area contributed by atoms with Gasteiger partial charge in [0.2, 0.25) is 11.8 Å². The molecule has 4 amide bonds. The highest BCUT2D eigenvalue weighted by Gasteiger charge is 2.13. The molecular formula is C32H29ClN8O4S2. The first-order valence-corrected chi connectivity index (χ1v) is 15.8. The van der Waals surface area contributed by atoms with Crippen LogP contribution < -0.4 is 34.0 Å². The molecule has 4 heterocycles. The summed E-state index contributed by atoms with van der Waals surface area (Å²) in [5.41, 5.74) is 31.4. The molecule has 11 N–H and O–H groups in total. The highest BCUT2D eigenvalue weighted by atomic mass is 35.5. The van der Waals surface area contributed by atoms with Crippen LogP contribution in [0.4, 0.5) is 11.4 Å². The van der Waals surface area contributed by atoms with E-state index in [1.54, 1.807) is 30.9 Å². The number of anilines is 2. The second kappa shape index (κ2) is 15.6. The van der Waals surface area contributed by atoms with Crippen LogP contribution in [0.1, 0.15) is 19.3 Å². The minimum Gasteiger partial charge on any atom is -0.399 e. The Kier molecular flexibility index (Phi) is 11.4. The van der Waals surface area contributed by atoms with Gasteiger partial charge in [-0.25, -0.2) is 0 Å². The van der Waals surface area contributed by atoms with Gasteiger partial charge in [0.25, 0.3) is 11.8 Å². The van der Waals surface area contributed by atoms with Crippen LogP contribution in [-0.2, 0) is 9.59 Å². The number of hydrogen-bond donors (Lipinski definition) is 6. The standard InChI is InChI=1S/C16H14N4O2S.C14H11N3OS.C2H4ClNO/c17-15(21)8-20-10-3-1-2-9(4-10)12-6-19-7-14-11(12)5-13(23-14)16(18)22;15-9-3-1-2-8(4-9)11-6-17-7-13-10(11)5-12(19-13)14(16)18;3-1-2(4)5/h1-7,20H,8H2,(H2,17,21)(H2,18,22);1-7H,15H2,(H2,16,18);1H2,(H2,4,5). The van der Waals surface area contributed by atoms with E-state index < -0.39 is 23.6 Å². The van der Waals surface area contributed by atoms with Crippen molar-refractivity contribution in [2.75, 3.05) is 23.5 Å². The molecule has 12 nitrogen and oxygen atoms in total. The molecule has 0 spiro atoms. The lowest BCUT2D eigenvalue weighted by Crippen LogP contribution is -2.21. The number of amides is 4. The number of halogens is 1. The van der Waals surface area contributed by atoms with Gasteiger partial charge in [-0.2, -0.15) is 0 Å². The van der Waals surface area contributed by atoms with Gasteiger partial charge in [-0.3, -0.25) is 29.1 Å². The molecule has 240 valence electrons. The Balaban J connectivity index is 0.000000189. The number of thiophene rings is 2. The summed E-state index contributed by atoms with van der Waals surface area (Å²) >= 11 is 7.53. The van der Waals surface area contributed by atoms with Gasteiger partial charge >= 0.3 is 0 Å². The maximum absolute atomic E-state index is 11.4. The molecule has 47 heavy (non-hydrogen) atoms. The molecule has 6 rings (SSSR count). The second-order valence-electron chi connectivity index (χ2n) is 9.77. The van der Waals surface area contributed by atoms with Crippen molar-refractivity contribution in [3.8, 4) is 22.3 Å². The fourth-order valence-electron chi connectivity index (χ4n) is 4.32. The van der Waals surface area contributed by atoms with Crippen LogP contribution in [0.5, 0.6) is 0 Å². The number of primary amides is 4. The molecule has 0 unspecified atom stereocenters. The summed E-state index contributed by atoms with van der Waals surface area (Å²) in [4.78, 5) is 52.5. The Morgan fingerprint density at radius 3 is 1.62 bits per heavy atom. The first kappa shape index (κ1) is 34.3. The smallest absolute Gasteiger partial charge is 0.258 e. The van der Waals surface area contributed by atoms with Crippen molar-refractivity contribution in [3.63, 3.8) is 0 Å². The van der Waals surface area contributed by atoms with Crippen LogP contribution in [-0.4, -0.2) is 46.0 Å². The number of aromatic nitrogens is 2. The Morgan fingerprint density at radius 1 is 0.681 bits per heavy atom. The molecule has 4 aromatic heterocycles. The molecule has 0 radical (unpaired) electrons. The first-order valence-electron chi connectivity index (χ1n) is 13.6. The number of nitrogen functional groups attached to an aromatic ring is 1. The normalized spacial score (nSPS) is 10.3. The van der Waals surface area contributed by atoms with E-state index >= 15 is 0 Å². The zero-order chi connectivity index (χ0) is 34.1. The molecule has 0 atom stereocenters. The number of nitrogens with one attached hydrogen (secondary N) is 1. The number of benzene rings is 2. The van der Waals surface area contributed by atoms with Gasteiger partial charge in [0.05, 0.1) is 25.7 Å². The predicted molar refractivity (Wildman–Crippen MR) is 189 cm³/mol. The Labute approximate surface area is 281 Å². The number of pyridine rings is 2. The summed E-state index contributed by atoms with van der Waals surface area (Å²) in [6, 6.07) is 18.7.